The lowest BCUT2D eigenvalue weighted by Gasteiger charge is -2.22. The molecule has 0 saturated carbocycles. The number of amides is 4. The number of rotatable bonds is 17. The largest absolute Gasteiger partial charge is 0.478 e. The number of carboxylic acids is 2. The van der Waals surface area contributed by atoms with Gasteiger partial charge in [0.25, 0.3) is 0 Å². The van der Waals surface area contributed by atoms with E-state index in [1.165, 1.54) is 0 Å². The highest BCUT2D eigenvalue weighted by atomic mass is 127. The topological polar surface area (TPSA) is 192 Å². The van der Waals surface area contributed by atoms with Crippen molar-refractivity contribution in [3.8, 4) is 0 Å². The molecule has 2 saturated heterocycles. The molecule has 0 spiro atoms. The second kappa shape index (κ2) is 20.6. The van der Waals surface area contributed by atoms with E-state index in [0.717, 1.165) is 12.8 Å². The van der Waals surface area contributed by atoms with Crippen LogP contribution in [0, 0.1) is 21.4 Å². The normalized spacial score (nSPS) is 14.3. The fourth-order valence-corrected chi connectivity index (χ4v) is 14.0. The molecule has 0 aliphatic carbocycles. The van der Waals surface area contributed by atoms with Crippen LogP contribution in [0.2, 0.25) is 0 Å². The van der Waals surface area contributed by atoms with Crippen LogP contribution < -0.4 is 10.6 Å². The van der Waals surface area contributed by atoms with E-state index in [1.807, 2.05) is 90.4 Å². The molecule has 0 unspecified atom stereocenters. The van der Waals surface area contributed by atoms with Gasteiger partial charge in [-0.25, -0.2) is 9.59 Å². The number of carbonyl (C=O) groups is 6. The Balaban J connectivity index is 1.24. The Kier molecular flexibility index (Phi) is 17.6. The van der Waals surface area contributed by atoms with Crippen LogP contribution in [-0.2, 0) is 41.7 Å². The van der Waals surface area contributed by atoms with E-state index < -0.39 is 11.9 Å². The Bertz CT molecular complexity index is 1670. The number of nitrogens with zero attached hydrogens (tertiary/aromatic N) is 2. The lowest BCUT2D eigenvalue weighted by molar-refractivity contribution is -0.129. The molecule has 2 heterocycles. The highest BCUT2D eigenvalue weighted by Crippen LogP contribution is 2.38. The van der Waals surface area contributed by atoms with Gasteiger partial charge in [-0.3, -0.25) is 19.2 Å². The Morgan fingerprint density at radius 2 is 0.942 bits per heavy atom. The van der Waals surface area contributed by atoms with Crippen LogP contribution in [0.5, 0.6) is 0 Å². The molecule has 0 aromatic heterocycles. The highest BCUT2D eigenvalue weighted by Gasteiger charge is 2.30. The van der Waals surface area contributed by atoms with Crippen molar-refractivity contribution in [2.24, 2.45) is 0 Å². The molecule has 2 fully saturated rings. The molecule has 0 bridgehead atoms. The Labute approximate surface area is 381 Å². The minimum absolute atomic E-state index is 0.00240. The average Bonchev–Trinajstić information content (AvgIpc) is 3.68. The maximum atomic E-state index is 12.9. The van der Waals surface area contributed by atoms with Gasteiger partial charge in [0.1, 0.15) is 0 Å². The summed E-state index contributed by atoms with van der Waals surface area (Å²) >= 11 is 12.0. The molecule has 4 N–H and O–H groups in total. The summed E-state index contributed by atoms with van der Waals surface area (Å²) in [5.74, 6) is -2.94. The zero-order valence-corrected chi connectivity index (χ0v) is 40.2. The monoisotopic (exact) mass is 1390 g/mol. The third kappa shape index (κ3) is 11.1. The van der Waals surface area contributed by atoms with Gasteiger partial charge in [0, 0.05) is 64.4 Å². The fraction of sp³-hybridized carbons (Fsp3) is 0.438. The molecule has 14 nitrogen and oxygen atoms in total. The van der Waals surface area contributed by atoms with E-state index in [9.17, 15) is 39.0 Å². The first kappa shape index (κ1) is 44.3. The third-order valence-corrected chi connectivity index (χ3v) is 15.1. The zero-order chi connectivity index (χ0) is 38.3. The minimum atomic E-state index is -1.12. The van der Waals surface area contributed by atoms with Crippen LogP contribution in [0.25, 0.3) is 0 Å². The maximum Gasteiger partial charge on any atom is 0.337 e. The summed E-state index contributed by atoms with van der Waals surface area (Å²) in [5.41, 5.74) is 2.29. The number of hydrogen-bond donors (Lipinski definition) is 4. The molecular weight excluding hydrogens is 1360 g/mol. The first-order valence-corrected chi connectivity index (χ1v) is 22.3. The molecule has 52 heavy (non-hydrogen) atoms. The van der Waals surface area contributed by atoms with Crippen LogP contribution in [0.1, 0.15) is 70.4 Å². The standard InChI is InChI=1S/C32H32I6N4O10/c33-23-15(13-41-7-1-3-19(41)45)25(35)29(27(37)21(23)31(47)48)39-17(43)5-9-51-11-12-52-10-6-18(44)40-30-26(36)16(14-42-8-2-4-20(42)46)24(34)22(28(30)38)32(49)50/h1-14H2,(H,39,43)(H,40,44)(H,47,48)(H,49,50). The lowest BCUT2D eigenvalue weighted by Crippen LogP contribution is -2.26. The number of carboxylic acid groups (broad SMARTS) is 2. The number of likely N-dealkylation sites (tertiary alicyclic amines) is 2. The van der Waals surface area contributed by atoms with Gasteiger partial charge in [0.2, 0.25) is 23.6 Å². The maximum absolute atomic E-state index is 12.9. The number of carbonyl (C=O) groups excluding carboxylic acids is 4. The Hall–Kier alpha value is -0.440. The molecule has 4 rings (SSSR count). The molecule has 0 radical (unpaired) electrons. The van der Waals surface area contributed by atoms with Gasteiger partial charge in [-0.05, 0) is 148 Å². The van der Waals surface area contributed by atoms with Gasteiger partial charge in [-0.15, -0.1) is 0 Å². The summed E-state index contributed by atoms with van der Waals surface area (Å²) in [6.07, 6.45) is 2.43. The number of benzene rings is 2. The second-order valence-corrected chi connectivity index (χ2v) is 18.1. The van der Waals surface area contributed by atoms with Crippen molar-refractivity contribution >= 4 is 182 Å². The summed E-state index contributed by atoms with van der Waals surface area (Å²) < 4.78 is 14.3. The molecule has 0 atom stereocenters. The molecule has 2 aromatic carbocycles. The first-order chi connectivity index (χ1) is 24.6. The van der Waals surface area contributed by atoms with E-state index in [2.05, 4.69) is 55.8 Å². The summed E-state index contributed by atoms with van der Waals surface area (Å²) in [4.78, 5) is 77.9. The number of nitrogens with one attached hydrogen (secondary N) is 2. The predicted molar refractivity (Wildman–Crippen MR) is 241 cm³/mol. The van der Waals surface area contributed by atoms with Gasteiger partial charge in [0.15, 0.2) is 0 Å². The minimum Gasteiger partial charge on any atom is -0.478 e. The van der Waals surface area contributed by atoms with Gasteiger partial charge in [-0.2, -0.15) is 0 Å². The van der Waals surface area contributed by atoms with Crippen LogP contribution in [0.15, 0.2) is 0 Å². The van der Waals surface area contributed by atoms with Crippen molar-refractivity contribution in [2.45, 2.75) is 51.6 Å². The molecular formula is C32H32I6N4O10. The summed E-state index contributed by atoms with van der Waals surface area (Å²) in [7, 11) is 0. The van der Waals surface area contributed by atoms with Crippen molar-refractivity contribution in [1.29, 1.82) is 0 Å². The number of halogens is 6. The Morgan fingerprint density at radius 3 is 1.25 bits per heavy atom. The van der Waals surface area contributed by atoms with Crippen molar-refractivity contribution < 1.29 is 48.5 Å². The van der Waals surface area contributed by atoms with Crippen molar-refractivity contribution in [1.82, 2.24) is 9.80 Å². The number of aromatic carboxylic acids is 2. The molecule has 20 heteroatoms. The zero-order valence-electron chi connectivity index (χ0n) is 27.2. The SMILES string of the molecule is O=C(CCOCCOCCC(=O)Nc1c(I)c(CN2CCCC2=O)c(I)c(C(=O)O)c1I)Nc1c(I)c(CN2CCCC2=O)c(I)c(C(=O)O)c1I. The number of hydrogen-bond acceptors (Lipinski definition) is 8. The summed E-state index contributed by atoms with van der Waals surface area (Å²) in [6, 6.07) is 0. The number of anilines is 2. The van der Waals surface area contributed by atoms with Crippen LogP contribution in [0.3, 0.4) is 0 Å². The second-order valence-electron chi connectivity index (χ2n) is 11.6. The molecule has 4 amide bonds. The molecule has 2 aromatic rings. The van der Waals surface area contributed by atoms with Crippen LogP contribution >= 0.6 is 136 Å². The fourth-order valence-electron chi connectivity index (χ4n) is 5.48. The molecule has 2 aliphatic heterocycles. The highest BCUT2D eigenvalue weighted by molar-refractivity contribution is 14.1. The van der Waals surface area contributed by atoms with Gasteiger partial charge >= 0.3 is 11.9 Å². The molecule has 282 valence electrons. The van der Waals surface area contributed by atoms with E-state index in [0.29, 0.717) is 69.9 Å². The van der Waals surface area contributed by atoms with Gasteiger partial charge in [-0.1, -0.05) is 0 Å². The van der Waals surface area contributed by atoms with Crippen LogP contribution in [-0.4, -0.2) is 95.1 Å². The molecule has 2 aliphatic rings. The van der Waals surface area contributed by atoms with Gasteiger partial charge in [0.05, 0.1) is 68.9 Å². The summed E-state index contributed by atoms with van der Waals surface area (Å²) in [5, 5.41) is 25.5. The summed E-state index contributed by atoms with van der Waals surface area (Å²) in [6.45, 7) is 2.21. The van der Waals surface area contributed by atoms with E-state index >= 15 is 0 Å². The predicted octanol–water partition coefficient (Wildman–Crippen LogP) is 6.35. The van der Waals surface area contributed by atoms with Crippen molar-refractivity contribution in [3.05, 3.63) is 43.7 Å². The number of ether oxygens (including phenoxy) is 2. The average molecular weight is 1390 g/mol. The van der Waals surface area contributed by atoms with Crippen molar-refractivity contribution in [3.63, 3.8) is 0 Å². The Morgan fingerprint density at radius 1 is 0.577 bits per heavy atom. The smallest absolute Gasteiger partial charge is 0.337 e. The van der Waals surface area contributed by atoms with Crippen LogP contribution in [0.4, 0.5) is 11.4 Å². The van der Waals surface area contributed by atoms with E-state index in [1.54, 1.807) is 9.80 Å². The quantitative estimate of drug-likeness (QED) is 0.103. The third-order valence-electron chi connectivity index (χ3n) is 8.13. The van der Waals surface area contributed by atoms with E-state index in [4.69, 9.17) is 9.47 Å². The van der Waals surface area contributed by atoms with Crippen molar-refractivity contribution in [2.75, 3.05) is 50.2 Å². The first-order valence-electron chi connectivity index (χ1n) is 15.8. The van der Waals surface area contributed by atoms with Gasteiger partial charge < -0.3 is 40.1 Å². The van der Waals surface area contributed by atoms with E-state index in [-0.39, 0.29) is 87.1 Å². The lowest BCUT2D eigenvalue weighted by atomic mass is 10.1.